The SMILES string of the molecule is Cc1c(O)nnn1CC(=O)C(C)(C)C. The number of rotatable bonds is 2. The van der Waals surface area contributed by atoms with Crippen molar-refractivity contribution in [2.45, 2.75) is 34.2 Å². The maximum atomic E-state index is 11.6. The summed E-state index contributed by atoms with van der Waals surface area (Å²) in [5, 5.41) is 16.3. The van der Waals surface area contributed by atoms with Gasteiger partial charge in [0.2, 0.25) is 0 Å². The van der Waals surface area contributed by atoms with Gasteiger partial charge in [0.1, 0.15) is 6.54 Å². The summed E-state index contributed by atoms with van der Waals surface area (Å²) in [6.45, 7) is 7.37. The number of Topliss-reactive ketones (excluding diaryl/α,β-unsaturated/α-hetero) is 1. The standard InChI is InChI=1S/C9H15N3O2/c1-6-8(14)10-11-12(6)5-7(13)9(2,3)4/h14H,5H2,1-4H3. The van der Waals surface area contributed by atoms with Gasteiger partial charge in [-0.1, -0.05) is 31.1 Å². The molecule has 0 fully saturated rings. The third kappa shape index (κ3) is 2.10. The van der Waals surface area contributed by atoms with E-state index in [4.69, 9.17) is 5.11 Å². The maximum Gasteiger partial charge on any atom is 0.254 e. The molecule has 0 unspecified atom stereocenters. The molecule has 0 atom stereocenters. The van der Waals surface area contributed by atoms with E-state index in [-0.39, 0.29) is 18.2 Å². The summed E-state index contributed by atoms with van der Waals surface area (Å²) in [6, 6.07) is 0. The summed E-state index contributed by atoms with van der Waals surface area (Å²) >= 11 is 0. The summed E-state index contributed by atoms with van der Waals surface area (Å²) in [4.78, 5) is 11.6. The molecule has 0 spiro atoms. The maximum absolute atomic E-state index is 11.6. The molecule has 0 saturated carbocycles. The van der Waals surface area contributed by atoms with Gasteiger partial charge in [0, 0.05) is 5.41 Å². The summed E-state index contributed by atoms with van der Waals surface area (Å²) in [5.41, 5.74) is 0.121. The molecule has 14 heavy (non-hydrogen) atoms. The van der Waals surface area contributed by atoms with Crippen molar-refractivity contribution in [3.63, 3.8) is 0 Å². The predicted molar refractivity (Wildman–Crippen MR) is 50.9 cm³/mol. The molecule has 0 radical (unpaired) electrons. The first-order chi connectivity index (χ1) is 6.32. The number of ketones is 1. The second-order valence-electron chi connectivity index (χ2n) is 4.33. The van der Waals surface area contributed by atoms with Crippen molar-refractivity contribution in [2.24, 2.45) is 5.41 Å². The first kappa shape index (κ1) is 10.7. The van der Waals surface area contributed by atoms with Crippen LogP contribution in [-0.4, -0.2) is 25.9 Å². The van der Waals surface area contributed by atoms with Gasteiger partial charge >= 0.3 is 0 Å². The van der Waals surface area contributed by atoms with Crippen LogP contribution in [0.2, 0.25) is 0 Å². The van der Waals surface area contributed by atoms with E-state index in [1.165, 1.54) is 4.68 Å². The molecule has 1 N–H and O–H groups in total. The van der Waals surface area contributed by atoms with Gasteiger partial charge in [0.25, 0.3) is 5.88 Å². The lowest BCUT2D eigenvalue weighted by Gasteiger charge is -2.16. The molecule has 0 amide bonds. The average Bonchev–Trinajstić information content (AvgIpc) is 2.34. The Labute approximate surface area is 82.7 Å². The molecule has 5 nitrogen and oxygen atoms in total. The highest BCUT2D eigenvalue weighted by Gasteiger charge is 2.22. The van der Waals surface area contributed by atoms with Crippen LogP contribution in [0, 0.1) is 12.3 Å². The molecule has 1 heterocycles. The van der Waals surface area contributed by atoms with E-state index in [0.717, 1.165) is 0 Å². The van der Waals surface area contributed by atoms with Crippen LogP contribution in [0.25, 0.3) is 0 Å². The van der Waals surface area contributed by atoms with Crippen LogP contribution in [-0.2, 0) is 11.3 Å². The third-order valence-corrected chi connectivity index (χ3v) is 2.09. The van der Waals surface area contributed by atoms with E-state index in [1.54, 1.807) is 6.92 Å². The summed E-state index contributed by atoms with van der Waals surface area (Å²) in [6.07, 6.45) is 0. The van der Waals surface area contributed by atoms with Crippen LogP contribution in [0.4, 0.5) is 0 Å². The van der Waals surface area contributed by atoms with Crippen LogP contribution in [0.3, 0.4) is 0 Å². The molecule has 1 rings (SSSR count). The number of carbonyl (C=O) groups is 1. The highest BCUT2D eigenvalue weighted by atomic mass is 16.3. The van der Waals surface area contributed by atoms with E-state index in [1.807, 2.05) is 20.8 Å². The van der Waals surface area contributed by atoms with Gasteiger partial charge in [0.05, 0.1) is 5.69 Å². The number of hydrogen-bond acceptors (Lipinski definition) is 4. The van der Waals surface area contributed by atoms with Crippen LogP contribution < -0.4 is 0 Å². The van der Waals surface area contributed by atoms with Gasteiger partial charge in [-0.2, -0.15) is 0 Å². The fraction of sp³-hybridized carbons (Fsp3) is 0.667. The molecule has 5 heteroatoms. The van der Waals surface area contributed by atoms with Crippen LogP contribution in [0.5, 0.6) is 5.88 Å². The molecular weight excluding hydrogens is 182 g/mol. The van der Waals surface area contributed by atoms with E-state index in [0.29, 0.717) is 5.69 Å². The average molecular weight is 197 g/mol. The Morgan fingerprint density at radius 3 is 2.43 bits per heavy atom. The number of hydrogen-bond donors (Lipinski definition) is 1. The lowest BCUT2D eigenvalue weighted by Crippen LogP contribution is -2.25. The summed E-state index contributed by atoms with van der Waals surface area (Å²) in [7, 11) is 0. The lowest BCUT2D eigenvalue weighted by molar-refractivity contribution is -0.127. The van der Waals surface area contributed by atoms with Gasteiger partial charge in [-0.05, 0) is 6.92 Å². The van der Waals surface area contributed by atoms with Gasteiger partial charge in [-0.15, -0.1) is 0 Å². The Morgan fingerprint density at radius 2 is 2.07 bits per heavy atom. The molecule has 1 aromatic rings. The van der Waals surface area contributed by atoms with E-state index < -0.39 is 5.41 Å². The van der Waals surface area contributed by atoms with Crippen LogP contribution in [0.15, 0.2) is 0 Å². The fourth-order valence-corrected chi connectivity index (χ4v) is 0.875. The van der Waals surface area contributed by atoms with E-state index in [2.05, 4.69) is 10.3 Å². The molecule has 0 saturated heterocycles. The molecule has 0 aromatic carbocycles. The van der Waals surface area contributed by atoms with Gasteiger partial charge < -0.3 is 5.11 Å². The second kappa shape index (κ2) is 3.40. The molecule has 0 aliphatic carbocycles. The predicted octanol–water partition coefficient (Wildman–Crippen LogP) is 0.907. The molecule has 0 aliphatic heterocycles. The Bertz CT molecular complexity index is 349. The molecule has 0 bridgehead atoms. The summed E-state index contributed by atoms with van der Waals surface area (Å²) < 4.78 is 1.41. The second-order valence-corrected chi connectivity index (χ2v) is 4.33. The Hall–Kier alpha value is -1.39. The molecular formula is C9H15N3O2. The molecule has 78 valence electrons. The van der Waals surface area contributed by atoms with Crippen molar-refractivity contribution < 1.29 is 9.90 Å². The molecule has 0 aliphatic rings. The van der Waals surface area contributed by atoms with Crippen LogP contribution in [0.1, 0.15) is 26.5 Å². The number of nitrogens with zero attached hydrogens (tertiary/aromatic N) is 3. The smallest absolute Gasteiger partial charge is 0.254 e. The zero-order chi connectivity index (χ0) is 10.9. The van der Waals surface area contributed by atoms with E-state index in [9.17, 15) is 4.79 Å². The number of aromatic nitrogens is 3. The van der Waals surface area contributed by atoms with Crippen molar-refractivity contribution >= 4 is 5.78 Å². The van der Waals surface area contributed by atoms with Crippen molar-refractivity contribution in [2.75, 3.05) is 0 Å². The van der Waals surface area contributed by atoms with Crippen molar-refractivity contribution in [1.82, 2.24) is 15.0 Å². The highest BCUT2D eigenvalue weighted by molar-refractivity contribution is 5.83. The molecule has 1 aromatic heterocycles. The zero-order valence-electron chi connectivity index (χ0n) is 8.90. The van der Waals surface area contributed by atoms with Crippen molar-refractivity contribution in [3.8, 4) is 5.88 Å². The minimum atomic E-state index is -0.395. The lowest BCUT2D eigenvalue weighted by atomic mass is 9.91. The Balaban J connectivity index is 2.80. The monoisotopic (exact) mass is 197 g/mol. The van der Waals surface area contributed by atoms with Crippen LogP contribution >= 0.6 is 0 Å². The van der Waals surface area contributed by atoms with Gasteiger partial charge in [0.15, 0.2) is 5.78 Å². The number of aromatic hydroxyl groups is 1. The van der Waals surface area contributed by atoms with Gasteiger partial charge in [-0.3, -0.25) is 4.79 Å². The first-order valence-corrected chi connectivity index (χ1v) is 4.44. The van der Waals surface area contributed by atoms with Crippen molar-refractivity contribution in [3.05, 3.63) is 5.69 Å². The topological polar surface area (TPSA) is 68.0 Å². The minimum absolute atomic E-state index is 0.0606. The van der Waals surface area contributed by atoms with Gasteiger partial charge in [-0.25, -0.2) is 4.68 Å². The third-order valence-electron chi connectivity index (χ3n) is 2.09. The first-order valence-electron chi connectivity index (χ1n) is 4.44. The normalized spacial score (nSPS) is 11.7. The largest absolute Gasteiger partial charge is 0.491 e. The number of carbonyl (C=O) groups excluding carboxylic acids is 1. The Morgan fingerprint density at radius 1 is 1.50 bits per heavy atom. The van der Waals surface area contributed by atoms with E-state index >= 15 is 0 Å². The highest BCUT2D eigenvalue weighted by Crippen LogP contribution is 2.17. The van der Waals surface area contributed by atoms with Crippen molar-refractivity contribution in [1.29, 1.82) is 0 Å². The fourth-order valence-electron chi connectivity index (χ4n) is 0.875. The minimum Gasteiger partial charge on any atom is -0.491 e. The zero-order valence-corrected chi connectivity index (χ0v) is 8.90. The summed E-state index contributed by atoms with van der Waals surface area (Å²) in [5.74, 6) is -0.0581. The quantitative estimate of drug-likeness (QED) is 0.765. The Kier molecular flexibility index (Phi) is 2.59.